The summed E-state index contributed by atoms with van der Waals surface area (Å²) < 4.78 is 10.9. The van der Waals surface area contributed by atoms with Crippen molar-refractivity contribution in [2.75, 3.05) is 6.54 Å². The summed E-state index contributed by atoms with van der Waals surface area (Å²) in [5.41, 5.74) is 0.796. The second kappa shape index (κ2) is 7.89. The van der Waals surface area contributed by atoms with Gasteiger partial charge >= 0.3 is 6.09 Å². The van der Waals surface area contributed by atoms with Crippen molar-refractivity contribution in [3.8, 4) is 0 Å². The van der Waals surface area contributed by atoms with E-state index in [-0.39, 0.29) is 12.1 Å². The van der Waals surface area contributed by atoms with Gasteiger partial charge in [-0.2, -0.15) is 4.98 Å². The maximum absolute atomic E-state index is 12.4. The summed E-state index contributed by atoms with van der Waals surface area (Å²) in [6.07, 6.45) is 4.13. The summed E-state index contributed by atoms with van der Waals surface area (Å²) in [5.74, 6) is 1.22. The zero-order valence-electron chi connectivity index (χ0n) is 15.8. The molecule has 0 radical (unpaired) electrons. The van der Waals surface area contributed by atoms with Crippen LogP contribution in [0.15, 0.2) is 34.9 Å². The Balaban J connectivity index is 1.57. The Morgan fingerprint density at radius 3 is 2.77 bits per heavy atom. The molecule has 0 bridgehead atoms. The number of hydrogen-bond acceptors (Lipinski definition) is 5. The Morgan fingerprint density at radius 2 is 2.04 bits per heavy atom. The van der Waals surface area contributed by atoms with Crippen molar-refractivity contribution >= 4 is 6.09 Å². The third-order valence-electron chi connectivity index (χ3n) is 4.36. The Hall–Kier alpha value is -2.37. The number of amides is 1. The lowest BCUT2D eigenvalue weighted by Crippen LogP contribution is -2.36. The minimum absolute atomic E-state index is 0.180. The monoisotopic (exact) mass is 357 g/mol. The minimum atomic E-state index is -0.512. The Bertz CT molecular complexity index is 721. The molecule has 1 amide bonds. The van der Waals surface area contributed by atoms with E-state index in [1.807, 2.05) is 39.0 Å². The average Bonchev–Trinajstić information content (AvgIpc) is 3.23. The minimum Gasteiger partial charge on any atom is -0.444 e. The molecule has 1 saturated heterocycles. The van der Waals surface area contributed by atoms with Crippen molar-refractivity contribution in [3.63, 3.8) is 0 Å². The first kappa shape index (κ1) is 18.4. The van der Waals surface area contributed by atoms with Crippen molar-refractivity contribution in [2.45, 2.75) is 64.5 Å². The van der Waals surface area contributed by atoms with Crippen molar-refractivity contribution in [1.82, 2.24) is 15.0 Å². The first-order valence-electron chi connectivity index (χ1n) is 9.28. The van der Waals surface area contributed by atoms with Crippen LogP contribution in [-0.4, -0.2) is 33.3 Å². The molecule has 0 unspecified atom stereocenters. The average molecular weight is 357 g/mol. The molecule has 2 aromatic rings. The molecule has 0 N–H and O–H groups in total. The van der Waals surface area contributed by atoms with Crippen LogP contribution in [0.2, 0.25) is 0 Å². The molecule has 3 rings (SSSR count). The number of carbonyl (C=O) groups excluding carboxylic acids is 1. The molecule has 0 spiro atoms. The van der Waals surface area contributed by atoms with Crippen LogP contribution in [0.1, 0.15) is 63.4 Å². The number of benzene rings is 1. The largest absolute Gasteiger partial charge is 0.444 e. The van der Waals surface area contributed by atoms with Gasteiger partial charge in [0.1, 0.15) is 11.6 Å². The Labute approximate surface area is 154 Å². The van der Waals surface area contributed by atoms with Gasteiger partial charge in [-0.25, -0.2) is 4.79 Å². The smallest absolute Gasteiger partial charge is 0.410 e. The number of hydrogen-bond donors (Lipinski definition) is 0. The summed E-state index contributed by atoms with van der Waals surface area (Å²) in [7, 11) is 0. The molecule has 1 aliphatic rings. The zero-order chi connectivity index (χ0) is 18.6. The first-order chi connectivity index (χ1) is 12.4. The number of carbonyl (C=O) groups is 1. The highest BCUT2D eigenvalue weighted by molar-refractivity contribution is 5.69. The number of aromatic nitrogens is 2. The maximum atomic E-state index is 12.4. The van der Waals surface area contributed by atoms with Crippen molar-refractivity contribution < 1.29 is 14.1 Å². The highest BCUT2D eigenvalue weighted by atomic mass is 16.6. The van der Waals surface area contributed by atoms with Crippen LogP contribution in [0.25, 0.3) is 0 Å². The number of rotatable bonds is 5. The van der Waals surface area contributed by atoms with Gasteiger partial charge in [0.05, 0.1) is 0 Å². The predicted octanol–water partition coefficient (Wildman–Crippen LogP) is 4.32. The SMILES string of the molecule is CC(C)(C)OC(=O)N1CCC[C@H]1c1nc(CCCc2ccccc2)no1. The van der Waals surface area contributed by atoms with E-state index in [2.05, 4.69) is 22.3 Å². The van der Waals surface area contributed by atoms with Crippen LogP contribution in [0.4, 0.5) is 4.79 Å². The Kier molecular flexibility index (Phi) is 5.59. The van der Waals surface area contributed by atoms with E-state index in [9.17, 15) is 4.79 Å². The van der Waals surface area contributed by atoms with Crippen LogP contribution in [-0.2, 0) is 17.6 Å². The van der Waals surface area contributed by atoms with Gasteiger partial charge in [-0.05, 0) is 52.0 Å². The lowest BCUT2D eigenvalue weighted by molar-refractivity contribution is 0.0199. The fourth-order valence-electron chi connectivity index (χ4n) is 3.16. The molecular formula is C20H27N3O3. The standard InChI is InChI=1S/C20H27N3O3/c1-20(2,3)25-19(24)23-14-8-12-16(23)18-21-17(22-26-18)13-7-11-15-9-5-4-6-10-15/h4-6,9-10,16H,7-8,11-14H2,1-3H3/t16-/m0/s1. The van der Waals surface area contributed by atoms with E-state index in [1.165, 1.54) is 5.56 Å². The summed E-state index contributed by atoms with van der Waals surface area (Å²) >= 11 is 0. The van der Waals surface area contributed by atoms with Crippen molar-refractivity contribution in [3.05, 3.63) is 47.6 Å². The molecule has 6 heteroatoms. The van der Waals surface area contributed by atoms with Gasteiger partial charge in [-0.15, -0.1) is 0 Å². The molecule has 26 heavy (non-hydrogen) atoms. The summed E-state index contributed by atoms with van der Waals surface area (Å²) in [5, 5.41) is 4.10. The molecular weight excluding hydrogens is 330 g/mol. The molecule has 0 aliphatic carbocycles. The first-order valence-corrected chi connectivity index (χ1v) is 9.28. The molecule has 1 aliphatic heterocycles. The normalized spacial score (nSPS) is 17.5. The van der Waals surface area contributed by atoms with Gasteiger partial charge in [-0.1, -0.05) is 35.5 Å². The van der Waals surface area contributed by atoms with Crippen LogP contribution in [0.3, 0.4) is 0 Å². The number of aryl methyl sites for hydroxylation is 2. The number of nitrogens with zero attached hydrogens (tertiary/aromatic N) is 3. The molecule has 6 nitrogen and oxygen atoms in total. The highest BCUT2D eigenvalue weighted by Gasteiger charge is 2.36. The topological polar surface area (TPSA) is 68.5 Å². The third kappa shape index (κ3) is 4.84. The fourth-order valence-corrected chi connectivity index (χ4v) is 3.16. The van der Waals surface area contributed by atoms with E-state index >= 15 is 0 Å². The van der Waals surface area contributed by atoms with Crippen molar-refractivity contribution in [2.24, 2.45) is 0 Å². The second-order valence-corrected chi connectivity index (χ2v) is 7.72. The maximum Gasteiger partial charge on any atom is 0.410 e. The van der Waals surface area contributed by atoms with E-state index in [0.717, 1.165) is 32.1 Å². The Morgan fingerprint density at radius 1 is 1.27 bits per heavy atom. The van der Waals surface area contributed by atoms with E-state index in [1.54, 1.807) is 4.90 Å². The summed E-state index contributed by atoms with van der Waals surface area (Å²) in [4.78, 5) is 18.6. The van der Waals surface area contributed by atoms with Crippen LogP contribution in [0, 0.1) is 0 Å². The van der Waals surface area contributed by atoms with E-state index < -0.39 is 5.60 Å². The molecule has 2 heterocycles. The number of likely N-dealkylation sites (tertiary alicyclic amines) is 1. The number of ether oxygens (including phenoxy) is 1. The lowest BCUT2D eigenvalue weighted by Gasteiger charge is -2.26. The second-order valence-electron chi connectivity index (χ2n) is 7.72. The fraction of sp³-hybridized carbons (Fsp3) is 0.550. The lowest BCUT2D eigenvalue weighted by atomic mass is 10.1. The summed E-state index contributed by atoms with van der Waals surface area (Å²) in [6, 6.07) is 10.2. The molecule has 1 fully saturated rings. The molecule has 1 atom stereocenters. The quantitative estimate of drug-likeness (QED) is 0.797. The van der Waals surface area contributed by atoms with Gasteiger partial charge in [0.15, 0.2) is 5.82 Å². The van der Waals surface area contributed by atoms with Gasteiger partial charge in [0.2, 0.25) is 5.89 Å². The van der Waals surface area contributed by atoms with E-state index in [0.29, 0.717) is 18.3 Å². The van der Waals surface area contributed by atoms with Gasteiger partial charge in [-0.3, -0.25) is 4.90 Å². The molecule has 1 aromatic heterocycles. The van der Waals surface area contributed by atoms with Crippen LogP contribution in [0.5, 0.6) is 0 Å². The third-order valence-corrected chi connectivity index (χ3v) is 4.36. The van der Waals surface area contributed by atoms with Gasteiger partial charge in [0.25, 0.3) is 0 Å². The zero-order valence-corrected chi connectivity index (χ0v) is 15.8. The summed E-state index contributed by atoms with van der Waals surface area (Å²) in [6.45, 7) is 6.26. The predicted molar refractivity (Wildman–Crippen MR) is 97.7 cm³/mol. The van der Waals surface area contributed by atoms with Crippen LogP contribution < -0.4 is 0 Å². The van der Waals surface area contributed by atoms with Gasteiger partial charge in [0, 0.05) is 13.0 Å². The van der Waals surface area contributed by atoms with E-state index in [4.69, 9.17) is 9.26 Å². The van der Waals surface area contributed by atoms with Crippen LogP contribution >= 0.6 is 0 Å². The molecule has 0 saturated carbocycles. The molecule has 140 valence electrons. The van der Waals surface area contributed by atoms with Gasteiger partial charge < -0.3 is 9.26 Å². The highest BCUT2D eigenvalue weighted by Crippen LogP contribution is 2.32. The van der Waals surface area contributed by atoms with Crippen molar-refractivity contribution in [1.29, 1.82) is 0 Å². The molecule has 1 aromatic carbocycles.